The van der Waals surface area contributed by atoms with Gasteiger partial charge in [0.15, 0.2) is 0 Å². The van der Waals surface area contributed by atoms with Crippen molar-refractivity contribution >= 4 is 5.91 Å². The van der Waals surface area contributed by atoms with Gasteiger partial charge in [0.2, 0.25) is 5.91 Å². The number of ether oxygens (including phenoxy) is 2. The van der Waals surface area contributed by atoms with Crippen molar-refractivity contribution in [2.24, 2.45) is 5.92 Å². The van der Waals surface area contributed by atoms with E-state index in [1.165, 1.54) is 0 Å². The van der Waals surface area contributed by atoms with Crippen LogP contribution in [0.15, 0.2) is 24.5 Å². The molecule has 0 spiro atoms. The van der Waals surface area contributed by atoms with Crippen molar-refractivity contribution in [2.75, 3.05) is 26.9 Å². The van der Waals surface area contributed by atoms with E-state index in [4.69, 9.17) is 9.47 Å². The zero-order chi connectivity index (χ0) is 14.4. The van der Waals surface area contributed by atoms with Crippen molar-refractivity contribution in [3.8, 4) is 0 Å². The van der Waals surface area contributed by atoms with Crippen LogP contribution in [-0.2, 0) is 20.8 Å². The molecular weight excluding hydrogens is 260 g/mol. The molecule has 0 unspecified atom stereocenters. The van der Waals surface area contributed by atoms with Gasteiger partial charge >= 0.3 is 0 Å². The highest BCUT2D eigenvalue weighted by molar-refractivity contribution is 5.75. The van der Waals surface area contributed by atoms with E-state index < -0.39 is 6.10 Å². The molecule has 2 N–H and O–H groups in total. The third-order valence-corrected chi connectivity index (χ3v) is 3.61. The molecule has 0 aliphatic carbocycles. The second kappa shape index (κ2) is 7.42. The molecule has 2 heterocycles. The molecule has 0 saturated carbocycles. The van der Waals surface area contributed by atoms with E-state index in [0.717, 1.165) is 0 Å². The van der Waals surface area contributed by atoms with Gasteiger partial charge < -0.3 is 24.5 Å². The molecule has 20 heavy (non-hydrogen) atoms. The van der Waals surface area contributed by atoms with E-state index in [1.807, 2.05) is 29.1 Å². The molecule has 2 rings (SSSR count). The average Bonchev–Trinajstić information content (AvgIpc) is 2.97. The van der Waals surface area contributed by atoms with Crippen LogP contribution in [0.5, 0.6) is 0 Å². The average molecular weight is 282 g/mol. The number of rotatable bonds is 6. The lowest BCUT2D eigenvalue weighted by molar-refractivity contribution is -0.136. The van der Waals surface area contributed by atoms with E-state index in [1.54, 1.807) is 7.11 Å². The minimum absolute atomic E-state index is 0.0227. The molecule has 1 aliphatic rings. The summed E-state index contributed by atoms with van der Waals surface area (Å²) in [6, 6.07) is 3.86. The SMILES string of the molecule is CO[C@@H]1COC[C@@H](CNC(=O)CCn2cccc2)[C@@H]1O. The Kier molecular flexibility index (Phi) is 5.58. The number of aryl methyl sites for hydroxylation is 1. The lowest BCUT2D eigenvalue weighted by Crippen LogP contribution is -2.49. The van der Waals surface area contributed by atoms with Crippen LogP contribution in [0.1, 0.15) is 6.42 Å². The molecule has 6 heteroatoms. The highest BCUT2D eigenvalue weighted by atomic mass is 16.5. The molecule has 1 amide bonds. The van der Waals surface area contributed by atoms with Crippen LogP contribution in [0.2, 0.25) is 0 Å². The van der Waals surface area contributed by atoms with E-state index >= 15 is 0 Å². The number of carbonyl (C=O) groups excluding carboxylic acids is 1. The van der Waals surface area contributed by atoms with Gasteiger partial charge in [0.25, 0.3) is 0 Å². The molecule has 3 atom stereocenters. The van der Waals surface area contributed by atoms with Crippen LogP contribution in [0, 0.1) is 5.92 Å². The van der Waals surface area contributed by atoms with Crippen LogP contribution >= 0.6 is 0 Å². The number of amides is 1. The highest BCUT2D eigenvalue weighted by Gasteiger charge is 2.32. The first-order valence-corrected chi connectivity index (χ1v) is 6.86. The second-order valence-electron chi connectivity index (χ2n) is 5.04. The predicted molar refractivity (Wildman–Crippen MR) is 73.2 cm³/mol. The number of hydrogen-bond acceptors (Lipinski definition) is 4. The van der Waals surface area contributed by atoms with E-state index in [0.29, 0.717) is 32.7 Å². The van der Waals surface area contributed by atoms with Gasteiger partial charge in [-0.1, -0.05) is 0 Å². The lowest BCUT2D eigenvalue weighted by atomic mass is 9.96. The fraction of sp³-hybridized carbons (Fsp3) is 0.643. The number of nitrogens with one attached hydrogen (secondary N) is 1. The molecule has 0 aromatic carbocycles. The molecule has 1 aliphatic heterocycles. The third-order valence-electron chi connectivity index (χ3n) is 3.61. The summed E-state index contributed by atoms with van der Waals surface area (Å²) in [5.41, 5.74) is 0. The number of nitrogens with zero attached hydrogens (tertiary/aromatic N) is 1. The Labute approximate surface area is 118 Å². The fourth-order valence-electron chi connectivity index (χ4n) is 2.31. The summed E-state index contributed by atoms with van der Waals surface area (Å²) >= 11 is 0. The zero-order valence-electron chi connectivity index (χ0n) is 11.7. The van der Waals surface area contributed by atoms with Crippen molar-refractivity contribution in [3.63, 3.8) is 0 Å². The Balaban J connectivity index is 1.69. The zero-order valence-corrected chi connectivity index (χ0v) is 11.7. The molecule has 0 bridgehead atoms. The molecule has 0 radical (unpaired) electrons. The van der Waals surface area contributed by atoms with Crippen molar-refractivity contribution in [2.45, 2.75) is 25.2 Å². The van der Waals surface area contributed by atoms with Crippen molar-refractivity contribution in [1.29, 1.82) is 0 Å². The van der Waals surface area contributed by atoms with Crippen LogP contribution in [0.25, 0.3) is 0 Å². The van der Waals surface area contributed by atoms with Gasteiger partial charge in [-0.05, 0) is 12.1 Å². The van der Waals surface area contributed by atoms with Gasteiger partial charge in [-0.3, -0.25) is 4.79 Å². The highest BCUT2D eigenvalue weighted by Crippen LogP contribution is 2.16. The van der Waals surface area contributed by atoms with Gasteiger partial charge in [-0.2, -0.15) is 0 Å². The summed E-state index contributed by atoms with van der Waals surface area (Å²) < 4.78 is 12.5. The molecule has 1 fully saturated rings. The smallest absolute Gasteiger partial charge is 0.221 e. The lowest BCUT2D eigenvalue weighted by Gasteiger charge is -2.33. The maximum absolute atomic E-state index is 11.8. The Bertz CT molecular complexity index is 407. The first-order chi connectivity index (χ1) is 9.70. The van der Waals surface area contributed by atoms with Crippen LogP contribution in [0.4, 0.5) is 0 Å². The minimum atomic E-state index is -0.599. The Morgan fingerprint density at radius 1 is 1.45 bits per heavy atom. The monoisotopic (exact) mass is 282 g/mol. The van der Waals surface area contributed by atoms with Gasteiger partial charge in [0.1, 0.15) is 6.10 Å². The molecule has 6 nitrogen and oxygen atoms in total. The predicted octanol–water partition coefficient (Wildman–Crippen LogP) is 0.0167. The molecule has 112 valence electrons. The Morgan fingerprint density at radius 3 is 2.90 bits per heavy atom. The summed E-state index contributed by atoms with van der Waals surface area (Å²) in [6.07, 6.45) is 3.36. The number of aromatic nitrogens is 1. The standard InChI is InChI=1S/C14H22N2O4/c1-19-12-10-20-9-11(14(12)18)8-15-13(17)4-7-16-5-2-3-6-16/h2-3,5-6,11-12,14,18H,4,7-10H2,1H3,(H,15,17)/t11-,12-,14+/m1/s1. The number of aliphatic hydroxyl groups is 1. The van der Waals surface area contributed by atoms with Crippen LogP contribution < -0.4 is 5.32 Å². The van der Waals surface area contributed by atoms with Crippen molar-refractivity contribution in [3.05, 3.63) is 24.5 Å². The molecule has 1 aromatic heterocycles. The summed E-state index contributed by atoms with van der Waals surface area (Å²) in [4.78, 5) is 11.8. The summed E-state index contributed by atoms with van der Waals surface area (Å²) in [6.45, 7) is 1.91. The van der Waals surface area contributed by atoms with Gasteiger partial charge in [-0.25, -0.2) is 0 Å². The number of carbonyl (C=O) groups is 1. The largest absolute Gasteiger partial charge is 0.390 e. The van der Waals surface area contributed by atoms with Crippen molar-refractivity contribution < 1.29 is 19.4 Å². The third kappa shape index (κ3) is 4.06. The first kappa shape index (κ1) is 15.0. The van der Waals surface area contributed by atoms with E-state index in [2.05, 4.69) is 5.32 Å². The topological polar surface area (TPSA) is 72.7 Å². The Hall–Kier alpha value is -1.37. The molecule has 1 saturated heterocycles. The normalized spacial score (nSPS) is 26.4. The Morgan fingerprint density at radius 2 is 2.20 bits per heavy atom. The quantitative estimate of drug-likeness (QED) is 0.771. The molecular formula is C14H22N2O4. The van der Waals surface area contributed by atoms with Crippen LogP contribution in [0.3, 0.4) is 0 Å². The molecule has 1 aromatic rings. The summed E-state index contributed by atoms with van der Waals surface area (Å²) in [5, 5.41) is 12.9. The van der Waals surface area contributed by atoms with Crippen LogP contribution in [-0.4, -0.2) is 54.7 Å². The second-order valence-corrected chi connectivity index (χ2v) is 5.04. The fourth-order valence-corrected chi connectivity index (χ4v) is 2.31. The van der Waals surface area contributed by atoms with Crippen molar-refractivity contribution in [1.82, 2.24) is 9.88 Å². The maximum atomic E-state index is 11.8. The van der Waals surface area contributed by atoms with E-state index in [-0.39, 0.29) is 17.9 Å². The summed E-state index contributed by atoms with van der Waals surface area (Å²) in [5.74, 6) is -0.144. The number of aliphatic hydroxyl groups excluding tert-OH is 1. The van der Waals surface area contributed by atoms with E-state index in [9.17, 15) is 9.90 Å². The maximum Gasteiger partial charge on any atom is 0.221 e. The van der Waals surface area contributed by atoms with Gasteiger partial charge in [-0.15, -0.1) is 0 Å². The number of methoxy groups -OCH3 is 1. The minimum Gasteiger partial charge on any atom is -0.390 e. The van der Waals surface area contributed by atoms with Gasteiger partial charge in [0, 0.05) is 44.9 Å². The number of hydrogen-bond donors (Lipinski definition) is 2. The van der Waals surface area contributed by atoms with Gasteiger partial charge in [0.05, 0.1) is 19.3 Å². The first-order valence-electron chi connectivity index (χ1n) is 6.86. The summed E-state index contributed by atoms with van der Waals surface area (Å²) in [7, 11) is 1.55.